The van der Waals surface area contributed by atoms with Crippen LogP contribution in [0.1, 0.15) is 40.5 Å². The summed E-state index contributed by atoms with van der Waals surface area (Å²) in [6.07, 6.45) is 2.50. The fraction of sp³-hybridized carbons (Fsp3) is 1.00. The summed E-state index contributed by atoms with van der Waals surface area (Å²) in [6.45, 7) is 11.2. The molecule has 1 unspecified atom stereocenters. The predicted molar refractivity (Wildman–Crippen MR) is 52.9 cm³/mol. The van der Waals surface area contributed by atoms with E-state index in [4.69, 9.17) is 0 Å². The summed E-state index contributed by atoms with van der Waals surface area (Å²) in [5, 5.41) is 3.31. The average Bonchev–Trinajstić information content (AvgIpc) is 1.87. The van der Waals surface area contributed by atoms with Crippen LogP contribution in [0, 0.1) is 5.41 Å². The van der Waals surface area contributed by atoms with Crippen LogP contribution in [-0.4, -0.2) is 13.5 Å². The van der Waals surface area contributed by atoms with Crippen LogP contribution in [0.4, 0.5) is 0 Å². The van der Waals surface area contributed by atoms with E-state index in [0.717, 1.165) is 0 Å². The second-order valence-corrected chi connectivity index (χ2v) is 4.08. The van der Waals surface area contributed by atoms with Crippen LogP contribution in [0.15, 0.2) is 0 Å². The molecule has 0 aromatic rings. The second kappa shape index (κ2) is 4.81. The van der Waals surface area contributed by atoms with Gasteiger partial charge in [-0.15, -0.1) is 0 Å². The molecule has 1 atom stereocenters. The maximum atomic E-state index is 3.31. The van der Waals surface area contributed by atoms with Crippen molar-refractivity contribution < 1.29 is 0 Å². The Bertz CT molecular complexity index is 102. The molecule has 0 fully saturated rings. The Balaban J connectivity index is 3.64. The van der Waals surface area contributed by atoms with Crippen molar-refractivity contribution >= 4 is 7.41 Å². The Morgan fingerprint density at radius 3 is 2.36 bits per heavy atom. The molecule has 0 aliphatic rings. The molecule has 0 amide bonds. The second-order valence-electron chi connectivity index (χ2n) is 4.08. The van der Waals surface area contributed by atoms with E-state index in [1.807, 2.05) is 14.2 Å². The first-order chi connectivity index (χ1) is 5.02. The van der Waals surface area contributed by atoms with E-state index in [9.17, 15) is 0 Å². The van der Waals surface area contributed by atoms with E-state index in [2.05, 4.69) is 32.9 Å². The summed E-state index contributed by atoms with van der Waals surface area (Å²) >= 11 is 0. The lowest BCUT2D eigenvalue weighted by Gasteiger charge is -2.26. The normalized spacial score (nSPS) is 14.6. The largest absolute Gasteiger partial charge is 0.358 e. The third-order valence-electron chi connectivity index (χ3n) is 2.27. The van der Waals surface area contributed by atoms with Gasteiger partial charge < -0.3 is 5.23 Å². The lowest BCUT2D eigenvalue weighted by Crippen LogP contribution is -2.32. The SMILES string of the molecule is C[B]NC(C)CC(C)(C)CC. The molecule has 0 aliphatic carbocycles. The van der Waals surface area contributed by atoms with Gasteiger partial charge in [-0.25, -0.2) is 0 Å². The molecule has 0 spiro atoms. The highest BCUT2D eigenvalue weighted by atomic mass is 14.8. The average molecular weight is 154 g/mol. The highest BCUT2D eigenvalue weighted by Crippen LogP contribution is 2.25. The summed E-state index contributed by atoms with van der Waals surface area (Å²) < 4.78 is 0. The van der Waals surface area contributed by atoms with Crippen LogP contribution in [0.2, 0.25) is 6.82 Å². The van der Waals surface area contributed by atoms with Gasteiger partial charge in [0.2, 0.25) is 7.41 Å². The van der Waals surface area contributed by atoms with Crippen molar-refractivity contribution in [2.24, 2.45) is 5.41 Å². The quantitative estimate of drug-likeness (QED) is 0.599. The molecule has 0 bridgehead atoms. The van der Waals surface area contributed by atoms with Crippen LogP contribution in [0.3, 0.4) is 0 Å². The molecular formula is C9H21BN. The van der Waals surface area contributed by atoms with Crippen LogP contribution in [-0.2, 0) is 0 Å². The molecular weight excluding hydrogens is 133 g/mol. The topological polar surface area (TPSA) is 12.0 Å². The van der Waals surface area contributed by atoms with Gasteiger partial charge in [0.15, 0.2) is 0 Å². The van der Waals surface area contributed by atoms with Crippen molar-refractivity contribution in [1.82, 2.24) is 5.23 Å². The maximum Gasteiger partial charge on any atom is 0.201 e. The number of rotatable bonds is 5. The third-order valence-corrected chi connectivity index (χ3v) is 2.27. The Morgan fingerprint density at radius 2 is 2.00 bits per heavy atom. The van der Waals surface area contributed by atoms with Gasteiger partial charge in [-0.1, -0.05) is 40.9 Å². The van der Waals surface area contributed by atoms with Gasteiger partial charge in [0, 0.05) is 0 Å². The first kappa shape index (κ1) is 11.0. The zero-order valence-corrected chi connectivity index (χ0v) is 8.57. The Hall–Kier alpha value is 0.0249. The molecule has 0 aromatic heterocycles. The Morgan fingerprint density at radius 1 is 1.45 bits per heavy atom. The van der Waals surface area contributed by atoms with E-state index in [-0.39, 0.29) is 0 Å². The van der Waals surface area contributed by atoms with Crippen molar-refractivity contribution in [2.75, 3.05) is 0 Å². The molecule has 11 heavy (non-hydrogen) atoms. The standard InChI is InChI=1S/C9H21BN/c1-6-9(3,4)7-8(2)11-10-5/h8,11H,6-7H2,1-5H3. The molecule has 0 aliphatic heterocycles. The van der Waals surface area contributed by atoms with Crippen molar-refractivity contribution in [1.29, 1.82) is 0 Å². The zero-order valence-electron chi connectivity index (χ0n) is 8.57. The molecule has 0 rings (SSSR count). The molecule has 1 radical (unpaired) electrons. The summed E-state index contributed by atoms with van der Waals surface area (Å²) in [5.74, 6) is 0. The minimum atomic E-state index is 0.482. The smallest absolute Gasteiger partial charge is 0.201 e. The lowest BCUT2D eigenvalue weighted by atomic mass is 9.82. The molecule has 0 aromatic carbocycles. The third kappa shape index (κ3) is 5.31. The highest BCUT2D eigenvalue weighted by Gasteiger charge is 2.17. The summed E-state index contributed by atoms with van der Waals surface area (Å²) in [6, 6.07) is 0.606. The van der Waals surface area contributed by atoms with E-state index in [1.54, 1.807) is 0 Å². The van der Waals surface area contributed by atoms with Crippen molar-refractivity contribution in [3.05, 3.63) is 0 Å². The van der Waals surface area contributed by atoms with Crippen molar-refractivity contribution in [2.45, 2.75) is 53.4 Å². The molecule has 1 N–H and O–H groups in total. The van der Waals surface area contributed by atoms with Gasteiger partial charge in [-0.05, 0) is 17.9 Å². The van der Waals surface area contributed by atoms with Gasteiger partial charge >= 0.3 is 0 Å². The van der Waals surface area contributed by atoms with Crippen molar-refractivity contribution in [3.8, 4) is 0 Å². The zero-order chi connectivity index (χ0) is 8.91. The summed E-state index contributed by atoms with van der Waals surface area (Å²) in [5.41, 5.74) is 0.482. The molecule has 0 saturated heterocycles. The van der Waals surface area contributed by atoms with Gasteiger partial charge in [-0.2, -0.15) is 0 Å². The van der Waals surface area contributed by atoms with Crippen molar-refractivity contribution in [3.63, 3.8) is 0 Å². The van der Waals surface area contributed by atoms with Crippen LogP contribution < -0.4 is 5.23 Å². The lowest BCUT2D eigenvalue weighted by molar-refractivity contribution is 0.293. The number of hydrogen-bond donors (Lipinski definition) is 1. The first-order valence-electron chi connectivity index (χ1n) is 4.55. The Kier molecular flexibility index (Phi) is 4.82. The van der Waals surface area contributed by atoms with Gasteiger partial charge in [0.25, 0.3) is 0 Å². The molecule has 0 saturated carbocycles. The van der Waals surface area contributed by atoms with Gasteiger partial charge in [0.1, 0.15) is 0 Å². The van der Waals surface area contributed by atoms with E-state index < -0.39 is 0 Å². The van der Waals surface area contributed by atoms with E-state index >= 15 is 0 Å². The molecule has 2 heteroatoms. The first-order valence-corrected chi connectivity index (χ1v) is 4.55. The monoisotopic (exact) mass is 154 g/mol. The molecule has 1 nitrogen and oxygen atoms in total. The van der Waals surface area contributed by atoms with Crippen LogP contribution in [0.5, 0.6) is 0 Å². The molecule has 0 heterocycles. The minimum Gasteiger partial charge on any atom is -0.358 e. The fourth-order valence-corrected chi connectivity index (χ4v) is 1.32. The predicted octanol–water partition coefficient (Wildman–Crippen LogP) is 2.46. The van der Waals surface area contributed by atoms with Crippen LogP contribution in [0.25, 0.3) is 0 Å². The van der Waals surface area contributed by atoms with Gasteiger partial charge in [-0.3, -0.25) is 0 Å². The summed E-state index contributed by atoms with van der Waals surface area (Å²) in [7, 11) is 2.02. The van der Waals surface area contributed by atoms with Gasteiger partial charge in [0.05, 0.1) is 0 Å². The van der Waals surface area contributed by atoms with E-state index in [1.165, 1.54) is 12.8 Å². The minimum absolute atomic E-state index is 0.482. The van der Waals surface area contributed by atoms with E-state index in [0.29, 0.717) is 11.5 Å². The maximum absolute atomic E-state index is 3.31. The number of nitrogens with one attached hydrogen (secondary N) is 1. The number of hydrogen-bond acceptors (Lipinski definition) is 1. The fourth-order valence-electron chi connectivity index (χ4n) is 1.32. The summed E-state index contributed by atoms with van der Waals surface area (Å²) in [4.78, 5) is 0. The Labute approximate surface area is 72.2 Å². The molecule has 65 valence electrons. The highest BCUT2D eigenvalue weighted by molar-refractivity contribution is 6.30. The van der Waals surface area contributed by atoms with Crippen LogP contribution >= 0.6 is 0 Å².